The minimum atomic E-state index is 0.0341. The molecule has 1 heterocycles. The topological polar surface area (TPSA) is 36.8 Å². The van der Waals surface area contributed by atoms with Crippen LogP contribution in [-0.2, 0) is 0 Å². The molecule has 0 spiro atoms. The van der Waals surface area contributed by atoms with E-state index in [-0.39, 0.29) is 6.03 Å². The molecule has 0 radical (unpaired) electrons. The first-order valence-corrected chi connectivity index (χ1v) is 8.63. The van der Waals surface area contributed by atoms with Crippen molar-refractivity contribution in [2.45, 2.75) is 39.5 Å². The fourth-order valence-corrected chi connectivity index (χ4v) is 2.96. The summed E-state index contributed by atoms with van der Waals surface area (Å²) in [4.78, 5) is 15.9. The Labute approximate surface area is 134 Å². The second kappa shape index (κ2) is 8.18. The maximum atomic E-state index is 12.3. The molecule has 0 aliphatic carbocycles. The predicted molar refractivity (Wildman–Crippen MR) is 91.6 cm³/mol. The second-order valence-electron chi connectivity index (χ2n) is 6.35. The summed E-state index contributed by atoms with van der Waals surface area (Å²) in [6.07, 6.45) is 2.35. The first-order valence-electron chi connectivity index (χ1n) is 8.63. The largest absolute Gasteiger partial charge is 0.332 e. The molecule has 4 nitrogen and oxygen atoms in total. The molecule has 0 unspecified atom stereocenters. The van der Waals surface area contributed by atoms with E-state index in [4.69, 9.17) is 0 Å². The lowest BCUT2D eigenvalue weighted by Gasteiger charge is -2.32. The van der Waals surface area contributed by atoms with Crippen LogP contribution in [-0.4, -0.2) is 43.7 Å². The Morgan fingerprint density at radius 2 is 1.86 bits per heavy atom. The monoisotopic (exact) mass is 304 g/mol. The van der Waals surface area contributed by atoms with Crippen molar-refractivity contribution >= 4 is 11.7 Å². The highest BCUT2D eigenvalue weighted by Gasteiger charge is 2.22. The Bertz CT molecular complexity index is 464. The zero-order valence-electron chi connectivity index (χ0n) is 14.2. The van der Waals surface area contributed by atoms with E-state index in [0.29, 0.717) is 5.92 Å². The van der Waals surface area contributed by atoms with Gasteiger partial charge in [-0.25, -0.2) is 4.79 Å². The molecule has 4 heteroatoms. The maximum absolute atomic E-state index is 12.3. The van der Waals surface area contributed by atoms with Crippen molar-refractivity contribution in [2.75, 3.05) is 38.0 Å². The predicted octanol–water partition coefficient (Wildman–Crippen LogP) is 2.34. The molecule has 2 amide bonds. The van der Waals surface area contributed by atoms with Gasteiger partial charge >= 0.3 is 6.03 Å². The number of hydrogen-bond donors (Lipinski definition) is 2. The summed E-state index contributed by atoms with van der Waals surface area (Å²) in [5.41, 5.74) is 2.22. The van der Waals surface area contributed by atoms with E-state index < -0.39 is 0 Å². The smallest absolute Gasteiger partial charge is 0.322 e. The molecule has 0 aromatic heterocycles. The number of nitrogens with one attached hydrogen (secondary N) is 2. The van der Waals surface area contributed by atoms with Crippen molar-refractivity contribution in [1.82, 2.24) is 4.90 Å². The molecule has 1 aliphatic rings. The minimum absolute atomic E-state index is 0.0341. The number of benzene rings is 1. The average Bonchev–Trinajstić information content (AvgIpc) is 2.55. The number of anilines is 1. The first kappa shape index (κ1) is 16.8. The summed E-state index contributed by atoms with van der Waals surface area (Å²) >= 11 is 0. The van der Waals surface area contributed by atoms with Crippen LogP contribution in [0, 0.1) is 0 Å². The van der Waals surface area contributed by atoms with Gasteiger partial charge in [-0.05, 0) is 36.5 Å². The number of amides is 2. The Kier molecular flexibility index (Phi) is 6.25. The molecule has 1 saturated heterocycles. The molecular formula is C18H30N3O+. The normalized spacial score (nSPS) is 17.3. The number of hydrogen-bond acceptors (Lipinski definition) is 1. The van der Waals surface area contributed by atoms with Crippen molar-refractivity contribution in [3.8, 4) is 0 Å². The van der Waals surface area contributed by atoms with Crippen LogP contribution in [0.15, 0.2) is 24.3 Å². The van der Waals surface area contributed by atoms with Crippen LogP contribution in [0.3, 0.4) is 0 Å². The van der Waals surface area contributed by atoms with Gasteiger partial charge in [-0.15, -0.1) is 0 Å². The van der Waals surface area contributed by atoms with Gasteiger partial charge in [0.2, 0.25) is 0 Å². The lowest BCUT2D eigenvalue weighted by Crippen LogP contribution is -3.14. The van der Waals surface area contributed by atoms with Gasteiger partial charge in [0.15, 0.2) is 0 Å². The number of carbonyl (C=O) groups excluding carboxylic acids is 1. The van der Waals surface area contributed by atoms with Crippen molar-refractivity contribution in [2.24, 2.45) is 0 Å². The van der Waals surface area contributed by atoms with Gasteiger partial charge in [0.25, 0.3) is 0 Å². The van der Waals surface area contributed by atoms with Gasteiger partial charge in [-0.1, -0.05) is 32.9 Å². The summed E-state index contributed by atoms with van der Waals surface area (Å²) < 4.78 is 0. The van der Waals surface area contributed by atoms with Gasteiger partial charge in [0.1, 0.15) is 0 Å². The number of urea groups is 1. The summed E-state index contributed by atoms with van der Waals surface area (Å²) in [7, 11) is 0. The third-order valence-electron chi connectivity index (χ3n) is 4.70. The average molecular weight is 304 g/mol. The van der Waals surface area contributed by atoms with E-state index in [1.807, 2.05) is 17.0 Å². The van der Waals surface area contributed by atoms with Crippen molar-refractivity contribution in [1.29, 1.82) is 0 Å². The Morgan fingerprint density at radius 1 is 1.23 bits per heavy atom. The molecule has 22 heavy (non-hydrogen) atoms. The molecule has 1 aromatic carbocycles. The fourth-order valence-electron chi connectivity index (χ4n) is 2.96. The third kappa shape index (κ3) is 4.47. The SMILES string of the molecule is CCC[NH+]1CCN(C(=O)Nc2ccc([C@H](C)CC)cc2)CC1. The van der Waals surface area contributed by atoms with Crippen LogP contribution in [0.2, 0.25) is 0 Å². The summed E-state index contributed by atoms with van der Waals surface area (Å²) in [5.74, 6) is 0.569. The van der Waals surface area contributed by atoms with Crippen LogP contribution < -0.4 is 10.2 Å². The Balaban J connectivity index is 1.84. The number of carbonyl (C=O) groups is 1. The Hall–Kier alpha value is -1.55. The van der Waals surface area contributed by atoms with E-state index in [1.165, 1.54) is 18.5 Å². The second-order valence-corrected chi connectivity index (χ2v) is 6.35. The Morgan fingerprint density at radius 3 is 2.41 bits per heavy atom. The number of nitrogens with zero attached hydrogens (tertiary/aromatic N) is 1. The maximum Gasteiger partial charge on any atom is 0.322 e. The van der Waals surface area contributed by atoms with Gasteiger partial charge in [-0.2, -0.15) is 0 Å². The van der Waals surface area contributed by atoms with E-state index >= 15 is 0 Å². The van der Waals surface area contributed by atoms with E-state index in [2.05, 4.69) is 38.2 Å². The van der Waals surface area contributed by atoms with Crippen molar-refractivity contribution in [3.05, 3.63) is 29.8 Å². The van der Waals surface area contributed by atoms with Gasteiger partial charge in [0, 0.05) is 5.69 Å². The van der Waals surface area contributed by atoms with Crippen LogP contribution in [0.5, 0.6) is 0 Å². The molecule has 1 atom stereocenters. The summed E-state index contributed by atoms with van der Waals surface area (Å²) in [6.45, 7) is 11.7. The van der Waals surface area contributed by atoms with Crippen LogP contribution >= 0.6 is 0 Å². The van der Waals surface area contributed by atoms with Crippen molar-refractivity contribution < 1.29 is 9.69 Å². The van der Waals surface area contributed by atoms with Crippen LogP contribution in [0.25, 0.3) is 0 Å². The molecule has 2 N–H and O–H groups in total. The lowest BCUT2D eigenvalue weighted by atomic mass is 9.99. The van der Waals surface area contributed by atoms with Gasteiger partial charge < -0.3 is 15.1 Å². The minimum Gasteiger partial charge on any atom is -0.332 e. The zero-order valence-corrected chi connectivity index (χ0v) is 14.2. The van der Waals surface area contributed by atoms with E-state index in [9.17, 15) is 4.79 Å². The van der Waals surface area contributed by atoms with Crippen LogP contribution in [0.1, 0.15) is 45.1 Å². The van der Waals surface area contributed by atoms with E-state index in [1.54, 1.807) is 4.90 Å². The number of quaternary nitrogens is 1. The third-order valence-corrected chi connectivity index (χ3v) is 4.70. The number of piperazine rings is 1. The summed E-state index contributed by atoms with van der Waals surface area (Å²) in [5, 5.41) is 3.02. The molecule has 0 bridgehead atoms. The van der Waals surface area contributed by atoms with Crippen molar-refractivity contribution in [3.63, 3.8) is 0 Å². The lowest BCUT2D eigenvalue weighted by molar-refractivity contribution is -0.904. The highest BCUT2D eigenvalue weighted by Crippen LogP contribution is 2.20. The quantitative estimate of drug-likeness (QED) is 0.861. The van der Waals surface area contributed by atoms with Gasteiger partial charge in [-0.3, -0.25) is 0 Å². The zero-order chi connectivity index (χ0) is 15.9. The molecule has 0 saturated carbocycles. The molecular weight excluding hydrogens is 274 g/mol. The standard InChI is InChI=1S/C18H29N3O/c1-4-10-20-11-13-21(14-12-20)18(22)19-17-8-6-16(7-9-17)15(3)5-2/h6-9,15H,4-5,10-14H2,1-3H3,(H,19,22)/p+1/t15-/m1/s1. The molecule has 122 valence electrons. The first-order chi connectivity index (χ1) is 10.6. The number of rotatable bonds is 5. The summed E-state index contributed by atoms with van der Waals surface area (Å²) in [6, 6.07) is 8.29. The van der Waals surface area contributed by atoms with Gasteiger partial charge in [0.05, 0.1) is 32.7 Å². The van der Waals surface area contributed by atoms with Crippen LogP contribution in [0.4, 0.5) is 10.5 Å². The highest BCUT2D eigenvalue weighted by atomic mass is 16.2. The highest BCUT2D eigenvalue weighted by molar-refractivity contribution is 5.89. The molecule has 1 aliphatic heterocycles. The molecule has 2 rings (SSSR count). The molecule has 1 aromatic rings. The molecule has 1 fully saturated rings. The fraction of sp³-hybridized carbons (Fsp3) is 0.611. The van der Waals surface area contributed by atoms with E-state index in [0.717, 1.165) is 38.3 Å².